The fraction of sp³-hybridized carbons (Fsp3) is 0.429. The van der Waals surface area contributed by atoms with Gasteiger partial charge in [0.1, 0.15) is 0 Å². The summed E-state index contributed by atoms with van der Waals surface area (Å²) in [5.41, 5.74) is 3.52. The van der Waals surface area contributed by atoms with Crippen molar-refractivity contribution < 1.29 is 4.79 Å². The second-order valence-electron chi connectivity index (χ2n) is 6.72. The fourth-order valence-electron chi connectivity index (χ4n) is 3.56. The van der Waals surface area contributed by atoms with Crippen LogP contribution in [0.5, 0.6) is 0 Å². The molecule has 4 heteroatoms. The molecule has 1 amide bonds. The minimum Gasteiger partial charge on any atom is -0.384 e. The molecule has 3 rings (SSSR count). The summed E-state index contributed by atoms with van der Waals surface area (Å²) in [4.78, 5) is 19.1. The summed E-state index contributed by atoms with van der Waals surface area (Å²) in [5, 5.41) is 3.40. The molecule has 1 aliphatic rings. The SMILES string of the molecule is Cc1ccccc1NCCC(=O)N1CCCCC[C@H]1c1ccncc1. The van der Waals surface area contributed by atoms with Gasteiger partial charge in [-0.2, -0.15) is 0 Å². The Hall–Kier alpha value is -2.36. The average Bonchev–Trinajstić information content (AvgIpc) is 2.90. The average molecular weight is 337 g/mol. The molecular formula is C21H27N3O. The number of para-hydroxylation sites is 1. The first-order chi connectivity index (χ1) is 12.3. The van der Waals surface area contributed by atoms with Crippen LogP contribution < -0.4 is 5.32 Å². The van der Waals surface area contributed by atoms with E-state index < -0.39 is 0 Å². The predicted molar refractivity (Wildman–Crippen MR) is 101 cm³/mol. The van der Waals surface area contributed by atoms with E-state index in [9.17, 15) is 4.79 Å². The van der Waals surface area contributed by atoms with Crippen molar-refractivity contribution in [1.29, 1.82) is 0 Å². The van der Waals surface area contributed by atoms with Crippen LogP contribution in [0.2, 0.25) is 0 Å². The number of hydrogen-bond donors (Lipinski definition) is 1. The van der Waals surface area contributed by atoms with E-state index in [1.165, 1.54) is 24.0 Å². The van der Waals surface area contributed by atoms with E-state index in [0.29, 0.717) is 13.0 Å². The van der Waals surface area contributed by atoms with Crippen LogP contribution in [0.15, 0.2) is 48.8 Å². The number of likely N-dealkylation sites (tertiary alicyclic amines) is 1. The number of pyridine rings is 1. The lowest BCUT2D eigenvalue weighted by atomic mass is 10.0. The monoisotopic (exact) mass is 337 g/mol. The van der Waals surface area contributed by atoms with E-state index in [1.54, 1.807) is 0 Å². The molecule has 1 aliphatic heterocycles. The molecule has 0 radical (unpaired) electrons. The highest BCUT2D eigenvalue weighted by atomic mass is 16.2. The Kier molecular flexibility index (Phi) is 6.04. The zero-order valence-corrected chi connectivity index (χ0v) is 14.9. The molecule has 0 bridgehead atoms. The van der Waals surface area contributed by atoms with Gasteiger partial charge >= 0.3 is 0 Å². The molecule has 1 atom stereocenters. The smallest absolute Gasteiger partial charge is 0.224 e. The molecule has 1 N–H and O–H groups in total. The van der Waals surface area contributed by atoms with Gasteiger partial charge in [0.2, 0.25) is 5.91 Å². The Labute approximate surface area is 150 Å². The summed E-state index contributed by atoms with van der Waals surface area (Å²) in [6.07, 6.45) is 8.69. The zero-order chi connectivity index (χ0) is 17.5. The first kappa shape index (κ1) is 17.5. The number of hydrogen-bond acceptors (Lipinski definition) is 3. The Morgan fingerprint density at radius 3 is 2.76 bits per heavy atom. The Morgan fingerprint density at radius 2 is 1.96 bits per heavy atom. The van der Waals surface area contributed by atoms with Crippen LogP contribution in [0.4, 0.5) is 5.69 Å². The minimum absolute atomic E-state index is 0.191. The van der Waals surface area contributed by atoms with Gasteiger partial charge < -0.3 is 10.2 Å². The van der Waals surface area contributed by atoms with Crippen molar-refractivity contribution >= 4 is 11.6 Å². The number of aryl methyl sites for hydroxylation is 1. The molecule has 25 heavy (non-hydrogen) atoms. The predicted octanol–water partition coefficient (Wildman–Crippen LogP) is 4.34. The van der Waals surface area contributed by atoms with Crippen LogP contribution in [0, 0.1) is 6.92 Å². The van der Waals surface area contributed by atoms with Crippen LogP contribution in [0.1, 0.15) is 49.3 Å². The second kappa shape index (κ2) is 8.65. The van der Waals surface area contributed by atoms with E-state index >= 15 is 0 Å². The van der Waals surface area contributed by atoms with Gasteiger partial charge in [-0.05, 0) is 49.1 Å². The minimum atomic E-state index is 0.191. The van der Waals surface area contributed by atoms with Gasteiger partial charge in [0.05, 0.1) is 6.04 Å². The summed E-state index contributed by atoms with van der Waals surface area (Å²) in [6.45, 7) is 3.61. The molecule has 0 saturated carbocycles. The van der Waals surface area contributed by atoms with Crippen molar-refractivity contribution in [2.24, 2.45) is 0 Å². The maximum atomic E-state index is 12.9. The number of rotatable bonds is 5. The van der Waals surface area contributed by atoms with Crippen molar-refractivity contribution in [3.63, 3.8) is 0 Å². The number of anilines is 1. The second-order valence-corrected chi connectivity index (χ2v) is 6.72. The first-order valence-electron chi connectivity index (χ1n) is 9.24. The number of nitrogens with one attached hydrogen (secondary N) is 1. The van der Waals surface area contributed by atoms with Crippen molar-refractivity contribution in [2.75, 3.05) is 18.4 Å². The third-order valence-electron chi connectivity index (χ3n) is 4.96. The molecule has 1 aromatic carbocycles. The summed E-state index contributed by atoms with van der Waals surface area (Å²) in [7, 11) is 0. The molecule has 0 spiro atoms. The van der Waals surface area contributed by atoms with Gasteiger partial charge in [-0.25, -0.2) is 0 Å². The summed E-state index contributed by atoms with van der Waals surface area (Å²) < 4.78 is 0. The lowest BCUT2D eigenvalue weighted by molar-refractivity contribution is -0.133. The lowest BCUT2D eigenvalue weighted by Gasteiger charge is -2.30. The molecule has 2 heterocycles. The maximum absolute atomic E-state index is 12.9. The highest BCUT2D eigenvalue weighted by Crippen LogP contribution is 2.30. The number of benzene rings is 1. The number of aromatic nitrogens is 1. The Balaban J connectivity index is 1.63. The van der Waals surface area contributed by atoms with E-state index in [2.05, 4.69) is 34.3 Å². The van der Waals surface area contributed by atoms with E-state index in [4.69, 9.17) is 0 Å². The third-order valence-corrected chi connectivity index (χ3v) is 4.96. The Morgan fingerprint density at radius 1 is 1.16 bits per heavy atom. The fourth-order valence-corrected chi connectivity index (χ4v) is 3.56. The van der Waals surface area contributed by atoms with Crippen molar-refractivity contribution in [1.82, 2.24) is 9.88 Å². The van der Waals surface area contributed by atoms with Crippen LogP contribution in [-0.4, -0.2) is 28.9 Å². The zero-order valence-electron chi connectivity index (χ0n) is 14.9. The van der Waals surface area contributed by atoms with Crippen molar-refractivity contribution in [2.45, 2.75) is 45.1 Å². The van der Waals surface area contributed by atoms with Gasteiger partial charge in [0, 0.05) is 37.6 Å². The molecule has 2 aromatic rings. The van der Waals surface area contributed by atoms with Crippen LogP contribution in [-0.2, 0) is 4.79 Å². The third kappa shape index (κ3) is 4.59. The van der Waals surface area contributed by atoms with Gasteiger partial charge in [-0.1, -0.05) is 31.0 Å². The van der Waals surface area contributed by atoms with E-state index in [-0.39, 0.29) is 11.9 Å². The summed E-state index contributed by atoms with van der Waals surface area (Å²) in [5.74, 6) is 0.241. The maximum Gasteiger partial charge on any atom is 0.224 e. The van der Waals surface area contributed by atoms with Gasteiger partial charge in [-0.15, -0.1) is 0 Å². The normalized spacial score (nSPS) is 17.8. The van der Waals surface area contributed by atoms with Gasteiger partial charge in [0.15, 0.2) is 0 Å². The van der Waals surface area contributed by atoms with Crippen LogP contribution in [0.25, 0.3) is 0 Å². The largest absolute Gasteiger partial charge is 0.384 e. The molecule has 1 fully saturated rings. The van der Waals surface area contributed by atoms with E-state index in [1.807, 2.05) is 36.7 Å². The van der Waals surface area contributed by atoms with Crippen LogP contribution >= 0.6 is 0 Å². The number of carbonyl (C=O) groups is 1. The van der Waals surface area contributed by atoms with E-state index in [0.717, 1.165) is 25.1 Å². The summed E-state index contributed by atoms with van der Waals surface area (Å²) in [6, 6.07) is 12.5. The van der Waals surface area contributed by atoms with Crippen LogP contribution in [0.3, 0.4) is 0 Å². The molecule has 4 nitrogen and oxygen atoms in total. The topological polar surface area (TPSA) is 45.2 Å². The number of amides is 1. The van der Waals surface area contributed by atoms with Gasteiger partial charge in [0.25, 0.3) is 0 Å². The lowest BCUT2D eigenvalue weighted by Crippen LogP contribution is -2.35. The van der Waals surface area contributed by atoms with Crippen molar-refractivity contribution in [3.8, 4) is 0 Å². The Bertz CT molecular complexity index is 687. The highest BCUT2D eigenvalue weighted by molar-refractivity contribution is 5.77. The standard InChI is InChI=1S/C21H27N3O/c1-17-7-4-5-8-19(17)23-15-12-21(25)24-16-6-2-3-9-20(24)18-10-13-22-14-11-18/h4-5,7-8,10-11,13-14,20,23H,2-3,6,9,12,15-16H2,1H3/t20-/m0/s1. The first-order valence-corrected chi connectivity index (χ1v) is 9.24. The summed E-state index contributed by atoms with van der Waals surface area (Å²) >= 11 is 0. The van der Waals surface area contributed by atoms with Crippen molar-refractivity contribution in [3.05, 3.63) is 59.9 Å². The molecule has 0 aliphatic carbocycles. The highest BCUT2D eigenvalue weighted by Gasteiger charge is 2.26. The molecular weight excluding hydrogens is 310 g/mol. The molecule has 1 aromatic heterocycles. The molecule has 132 valence electrons. The molecule has 0 unspecified atom stereocenters. The quantitative estimate of drug-likeness (QED) is 0.883. The van der Waals surface area contributed by atoms with Gasteiger partial charge in [-0.3, -0.25) is 9.78 Å². The number of nitrogens with zero attached hydrogens (tertiary/aromatic N) is 2. The number of carbonyl (C=O) groups excluding carboxylic acids is 1. The molecule has 1 saturated heterocycles.